The number of carbonyl (C=O) groups is 1. The predicted octanol–water partition coefficient (Wildman–Crippen LogP) is 2.93. The molecule has 2 unspecified atom stereocenters. The molecule has 1 aromatic rings. The molecule has 0 radical (unpaired) electrons. The van der Waals surface area contributed by atoms with E-state index in [1.54, 1.807) is 6.07 Å². The molecular weight excluding hydrogens is 328 g/mol. The van der Waals surface area contributed by atoms with E-state index in [1.807, 2.05) is 17.0 Å². The topological polar surface area (TPSA) is 32.3 Å². The second-order valence-corrected chi connectivity index (χ2v) is 6.52. The lowest BCUT2D eigenvalue weighted by atomic mass is 9.91. The zero-order valence-electron chi connectivity index (χ0n) is 10.5. The van der Waals surface area contributed by atoms with Gasteiger partial charge < -0.3 is 10.2 Å². The minimum Gasteiger partial charge on any atom is -0.334 e. The summed E-state index contributed by atoms with van der Waals surface area (Å²) >= 11 is 9.43. The van der Waals surface area contributed by atoms with Gasteiger partial charge in [0.1, 0.15) is 0 Å². The van der Waals surface area contributed by atoms with Crippen molar-refractivity contribution < 1.29 is 4.79 Å². The van der Waals surface area contributed by atoms with E-state index in [9.17, 15) is 4.79 Å². The minimum absolute atomic E-state index is 0.104. The van der Waals surface area contributed by atoms with E-state index in [0.717, 1.165) is 30.5 Å². The first kappa shape index (κ1) is 13.4. The molecule has 2 aliphatic rings. The van der Waals surface area contributed by atoms with Crippen LogP contribution in [-0.4, -0.2) is 36.5 Å². The van der Waals surface area contributed by atoms with Crippen molar-refractivity contribution in [3.05, 3.63) is 33.3 Å². The molecule has 0 spiro atoms. The van der Waals surface area contributed by atoms with Crippen molar-refractivity contribution in [3.8, 4) is 0 Å². The van der Waals surface area contributed by atoms with E-state index < -0.39 is 0 Å². The summed E-state index contributed by atoms with van der Waals surface area (Å²) in [4.78, 5) is 14.7. The number of fused-ring (bicyclic) bond motifs is 1. The maximum atomic E-state index is 12.6. The van der Waals surface area contributed by atoms with Gasteiger partial charge in [0, 0.05) is 35.7 Å². The fourth-order valence-electron chi connectivity index (χ4n) is 3.12. The van der Waals surface area contributed by atoms with Crippen LogP contribution in [0.1, 0.15) is 23.2 Å². The Balaban J connectivity index is 1.84. The molecule has 2 heterocycles. The Morgan fingerprint density at radius 3 is 3.05 bits per heavy atom. The molecule has 1 aromatic carbocycles. The maximum absolute atomic E-state index is 12.6. The van der Waals surface area contributed by atoms with Gasteiger partial charge in [0.05, 0.1) is 5.02 Å². The molecule has 19 heavy (non-hydrogen) atoms. The molecular formula is C14H16BrClN2O. The summed E-state index contributed by atoms with van der Waals surface area (Å²) in [7, 11) is 0. The summed E-state index contributed by atoms with van der Waals surface area (Å²) in [5.41, 5.74) is 0.681. The van der Waals surface area contributed by atoms with Crippen LogP contribution in [0.5, 0.6) is 0 Å². The molecule has 3 nitrogen and oxygen atoms in total. The van der Waals surface area contributed by atoms with Gasteiger partial charge in [0.25, 0.3) is 5.91 Å². The number of amides is 1. The maximum Gasteiger partial charge on any atom is 0.254 e. The third-order valence-electron chi connectivity index (χ3n) is 4.11. The lowest BCUT2D eigenvalue weighted by molar-refractivity contribution is 0.0575. The van der Waals surface area contributed by atoms with Crippen LogP contribution < -0.4 is 5.32 Å². The molecule has 2 atom stereocenters. The number of benzene rings is 1. The summed E-state index contributed by atoms with van der Waals surface area (Å²) in [5, 5.41) is 3.98. The summed E-state index contributed by atoms with van der Waals surface area (Å²) in [5.74, 6) is 0.719. The van der Waals surface area contributed by atoms with Crippen molar-refractivity contribution in [1.82, 2.24) is 10.2 Å². The van der Waals surface area contributed by atoms with Gasteiger partial charge >= 0.3 is 0 Å². The third kappa shape index (κ3) is 2.54. The average Bonchev–Trinajstić information content (AvgIpc) is 2.89. The molecule has 1 N–H and O–H groups in total. The number of hydrogen-bond acceptors (Lipinski definition) is 2. The normalized spacial score (nSPS) is 26.3. The molecule has 0 aliphatic carbocycles. The monoisotopic (exact) mass is 342 g/mol. The van der Waals surface area contributed by atoms with Crippen LogP contribution in [0.15, 0.2) is 22.7 Å². The molecule has 102 valence electrons. The first-order valence-corrected chi connectivity index (χ1v) is 7.80. The fourth-order valence-corrected chi connectivity index (χ4v) is 3.54. The van der Waals surface area contributed by atoms with Gasteiger partial charge in [-0.3, -0.25) is 4.79 Å². The Morgan fingerprint density at radius 2 is 2.26 bits per heavy atom. The number of nitrogens with one attached hydrogen (secondary N) is 1. The molecule has 0 saturated carbocycles. The van der Waals surface area contributed by atoms with Crippen molar-refractivity contribution in [2.75, 3.05) is 19.6 Å². The molecule has 2 saturated heterocycles. The van der Waals surface area contributed by atoms with Crippen LogP contribution in [0, 0.1) is 5.92 Å². The highest BCUT2D eigenvalue weighted by Gasteiger charge is 2.37. The Kier molecular flexibility index (Phi) is 3.83. The van der Waals surface area contributed by atoms with E-state index in [4.69, 9.17) is 11.6 Å². The Hall–Kier alpha value is -0.580. The highest BCUT2D eigenvalue weighted by molar-refractivity contribution is 9.10. The summed E-state index contributed by atoms with van der Waals surface area (Å²) in [6.07, 6.45) is 2.32. The number of piperidine rings is 1. The average molecular weight is 344 g/mol. The van der Waals surface area contributed by atoms with Gasteiger partial charge in [-0.2, -0.15) is 0 Å². The van der Waals surface area contributed by atoms with Crippen LogP contribution in [0.2, 0.25) is 5.02 Å². The van der Waals surface area contributed by atoms with Crippen molar-refractivity contribution in [2.45, 2.75) is 18.9 Å². The Morgan fingerprint density at radius 1 is 1.42 bits per heavy atom. The second-order valence-electron chi connectivity index (χ2n) is 5.26. The van der Waals surface area contributed by atoms with Crippen LogP contribution >= 0.6 is 27.5 Å². The Labute approximate surface area is 126 Å². The summed E-state index contributed by atoms with van der Waals surface area (Å²) in [6, 6.07) is 5.78. The highest BCUT2D eigenvalue weighted by atomic mass is 79.9. The van der Waals surface area contributed by atoms with Gasteiger partial charge in [-0.05, 0) is 52.9 Å². The van der Waals surface area contributed by atoms with Crippen molar-refractivity contribution in [2.24, 2.45) is 5.92 Å². The van der Waals surface area contributed by atoms with Gasteiger partial charge in [-0.25, -0.2) is 0 Å². The van der Waals surface area contributed by atoms with E-state index in [1.165, 1.54) is 6.42 Å². The zero-order chi connectivity index (χ0) is 13.4. The number of nitrogens with zero attached hydrogens (tertiary/aromatic N) is 1. The van der Waals surface area contributed by atoms with Gasteiger partial charge in [0.15, 0.2) is 0 Å². The van der Waals surface area contributed by atoms with Crippen LogP contribution in [-0.2, 0) is 0 Å². The van der Waals surface area contributed by atoms with Gasteiger partial charge in [-0.15, -0.1) is 0 Å². The molecule has 0 bridgehead atoms. The molecule has 2 fully saturated rings. The molecule has 5 heteroatoms. The van der Waals surface area contributed by atoms with E-state index in [0.29, 0.717) is 22.5 Å². The lowest BCUT2D eigenvalue weighted by Gasteiger charge is -2.37. The van der Waals surface area contributed by atoms with Crippen molar-refractivity contribution in [1.29, 1.82) is 0 Å². The lowest BCUT2D eigenvalue weighted by Crippen LogP contribution is -2.48. The van der Waals surface area contributed by atoms with Gasteiger partial charge in [0.2, 0.25) is 0 Å². The van der Waals surface area contributed by atoms with Crippen LogP contribution in [0.3, 0.4) is 0 Å². The first-order chi connectivity index (χ1) is 9.16. The largest absolute Gasteiger partial charge is 0.334 e. The van der Waals surface area contributed by atoms with Crippen LogP contribution in [0.25, 0.3) is 0 Å². The standard InChI is InChI=1S/C14H16BrClN2O/c15-11-4-3-9(6-12(11)16)14(19)18-5-1-2-10-7-17-8-13(10)18/h3-4,6,10,13,17H,1-2,5,7-8H2. The van der Waals surface area contributed by atoms with E-state index >= 15 is 0 Å². The number of likely N-dealkylation sites (tertiary alicyclic amines) is 1. The Bertz CT molecular complexity index is 508. The number of rotatable bonds is 1. The van der Waals surface area contributed by atoms with Crippen molar-refractivity contribution >= 4 is 33.4 Å². The summed E-state index contributed by atoms with van der Waals surface area (Å²) < 4.78 is 0.824. The molecule has 2 aliphatic heterocycles. The summed E-state index contributed by atoms with van der Waals surface area (Å²) in [6.45, 7) is 2.81. The molecule has 0 aromatic heterocycles. The van der Waals surface area contributed by atoms with Crippen LogP contribution in [0.4, 0.5) is 0 Å². The highest BCUT2D eigenvalue weighted by Crippen LogP contribution is 2.29. The second kappa shape index (κ2) is 5.43. The van der Waals surface area contributed by atoms with Gasteiger partial charge in [-0.1, -0.05) is 11.6 Å². The number of halogens is 2. The number of hydrogen-bond donors (Lipinski definition) is 1. The fraction of sp³-hybridized carbons (Fsp3) is 0.500. The smallest absolute Gasteiger partial charge is 0.254 e. The molecule has 3 rings (SSSR count). The van der Waals surface area contributed by atoms with Crippen molar-refractivity contribution in [3.63, 3.8) is 0 Å². The van der Waals surface area contributed by atoms with E-state index in [-0.39, 0.29) is 5.91 Å². The third-order valence-corrected chi connectivity index (χ3v) is 5.34. The first-order valence-electron chi connectivity index (χ1n) is 6.63. The molecule has 1 amide bonds. The SMILES string of the molecule is O=C(c1ccc(Br)c(Cl)c1)N1CCCC2CNCC21. The zero-order valence-corrected chi connectivity index (χ0v) is 12.9. The predicted molar refractivity (Wildman–Crippen MR) is 79.6 cm³/mol. The minimum atomic E-state index is 0.104. The quantitative estimate of drug-likeness (QED) is 0.850. The number of carbonyl (C=O) groups excluding carboxylic acids is 1. The van der Waals surface area contributed by atoms with E-state index in [2.05, 4.69) is 21.2 Å².